The Kier molecular flexibility index (Phi) is 4.53. The van der Waals surface area contributed by atoms with E-state index >= 15 is 0 Å². The number of amides is 1. The molecule has 0 spiro atoms. The van der Waals surface area contributed by atoms with Gasteiger partial charge in [0.25, 0.3) is 5.91 Å². The normalized spacial score (nSPS) is 18.6. The molecule has 1 aliphatic rings. The van der Waals surface area contributed by atoms with Crippen LogP contribution in [0.5, 0.6) is 0 Å². The van der Waals surface area contributed by atoms with Crippen LogP contribution in [-0.2, 0) is 0 Å². The van der Waals surface area contributed by atoms with Gasteiger partial charge in [-0.3, -0.25) is 4.79 Å². The summed E-state index contributed by atoms with van der Waals surface area (Å²) in [5.41, 5.74) is 0.750. The fourth-order valence-electron chi connectivity index (χ4n) is 3.02. The van der Waals surface area contributed by atoms with Crippen molar-refractivity contribution in [3.8, 4) is 0 Å². The van der Waals surface area contributed by atoms with Gasteiger partial charge in [-0.15, -0.1) is 0 Å². The number of furan rings is 1. The smallest absolute Gasteiger partial charge is 0.255 e. The third kappa shape index (κ3) is 3.23. The molecule has 0 unspecified atom stereocenters. The molecule has 1 heterocycles. The number of nitrogens with one attached hydrogen (secondary N) is 1. The van der Waals surface area contributed by atoms with Crippen molar-refractivity contribution in [3.63, 3.8) is 0 Å². The Morgan fingerprint density at radius 1 is 1.15 bits per heavy atom. The molecule has 20 heavy (non-hydrogen) atoms. The van der Waals surface area contributed by atoms with Crippen LogP contribution in [0.25, 0.3) is 0 Å². The molecule has 2 N–H and O–H groups in total. The van der Waals surface area contributed by atoms with Gasteiger partial charge in [-0.05, 0) is 33.6 Å². The van der Waals surface area contributed by atoms with Gasteiger partial charge in [0, 0.05) is 12.1 Å². The van der Waals surface area contributed by atoms with Crippen LogP contribution in [0.1, 0.15) is 66.0 Å². The molecule has 1 saturated carbocycles. The maximum atomic E-state index is 12.3. The van der Waals surface area contributed by atoms with E-state index in [9.17, 15) is 9.90 Å². The first-order chi connectivity index (χ1) is 9.43. The summed E-state index contributed by atoms with van der Waals surface area (Å²) in [6.07, 6.45) is 5.97. The van der Waals surface area contributed by atoms with Gasteiger partial charge < -0.3 is 14.8 Å². The molecule has 0 aliphatic heterocycles. The third-order valence-corrected chi connectivity index (χ3v) is 4.40. The Morgan fingerprint density at radius 2 is 1.75 bits per heavy atom. The summed E-state index contributed by atoms with van der Waals surface area (Å²) >= 11 is 0. The van der Waals surface area contributed by atoms with Crippen molar-refractivity contribution in [1.29, 1.82) is 0 Å². The summed E-state index contributed by atoms with van der Waals surface area (Å²) in [6, 6.07) is 0. The highest BCUT2D eigenvalue weighted by atomic mass is 16.3. The van der Waals surface area contributed by atoms with E-state index in [0.717, 1.165) is 37.0 Å². The van der Waals surface area contributed by atoms with Gasteiger partial charge in [0.15, 0.2) is 0 Å². The zero-order valence-electron chi connectivity index (χ0n) is 12.7. The van der Waals surface area contributed by atoms with Crippen LogP contribution in [0.3, 0.4) is 0 Å². The topological polar surface area (TPSA) is 62.5 Å². The molecule has 0 bridgehead atoms. The van der Waals surface area contributed by atoms with Gasteiger partial charge in [0.05, 0.1) is 11.2 Å². The molecule has 1 fully saturated rings. The van der Waals surface area contributed by atoms with Gasteiger partial charge in [-0.2, -0.15) is 0 Å². The number of hydrogen-bond acceptors (Lipinski definition) is 3. The largest absolute Gasteiger partial charge is 0.466 e. The average molecular weight is 279 g/mol. The first-order valence-electron chi connectivity index (χ1n) is 7.50. The van der Waals surface area contributed by atoms with Crippen LogP contribution >= 0.6 is 0 Å². The Bertz CT molecular complexity index is 482. The van der Waals surface area contributed by atoms with Crippen molar-refractivity contribution < 1.29 is 14.3 Å². The van der Waals surface area contributed by atoms with E-state index in [2.05, 4.69) is 5.32 Å². The maximum Gasteiger partial charge on any atom is 0.255 e. The van der Waals surface area contributed by atoms with Crippen molar-refractivity contribution in [2.45, 2.75) is 64.9 Å². The molecule has 1 aromatic heterocycles. The minimum Gasteiger partial charge on any atom is -0.466 e. The first kappa shape index (κ1) is 15.1. The summed E-state index contributed by atoms with van der Waals surface area (Å²) < 4.78 is 5.48. The molecule has 1 aliphatic carbocycles. The molecule has 4 heteroatoms. The highest BCUT2D eigenvalue weighted by Gasteiger charge is 2.29. The van der Waals surface area contributed by atoms with Gasteiger partial charge in [-0.1, -0.05) is 25.7 Å². The second-order valence-electron chi connectivity index (χ2n) is 6.04. The van der Waals surface area contributed by atoms with E-state index in [4.69, 9.17) is 4.42 Å². The van der Waals surface area contributed by atoms with Gasteiger partial charge in [-0.25, -0.2) is 0 Å². The Labute approximate surface area is 120 Å². The van der Waals surface area contributed by atoms with Gasteiger partial charge in [0.2, 0.25) is 0 Å². The molecule has 112 valence electrons. The average Bonchev–Trinajstić information content (AvgIpc) is 2.57. The van der Waals surface area contributed by atoms with Gasteiger partial charge in [0.1, 0.15) is 11.5 Å². The first-order valence-corrected chi connectivity index (χ1v) is 7.50. The fourth-order valence-corrected chi connectivity index (χ4v) is 3.02. The molecule has 0 saturated heterocycles. The Morgan fingerprint density at radius 3 is 2.25 bits per heavy atom. The standard InChI is InChI=1S/C16H25NO3/c1-11-12(2)20-13(3)14(11)15(18)17-10-16(19)8-6-4-5-7-9-16/h19H,4-10H2,1-3H3,(H,17,18). The summed E-state index contributed by atoms with van der Waals surface area (Å²) in [7, 11) is 0. The van der Waals surface area contributed by atoms with E-state index in [1.54, 1.807) is 6.92 Å². The summed E-state index contributed by atoms with van der Waals surface area (Å²) in [5, 5.41) is 13.4. The lowest BCUT2D eigenvalue weighted by molar-refractivity contribution is 0.0246. The van der Waals surface area contributed by atoms with Crippen molar-refractivity contribution in [3.05, 3.63) is 22.6 Å². The molecule has 1 aromatic rings. The van der Waals surface area contributed by atoms with Crippen LogP contribution in [-0.4, -0.2) is 23.2 Å². The molecular formula is C16H25NO3. The Hall–Kier alpha value is -1.29. The SMILES string of the molecule is Cc1oc(C)c(C(=O)NCC2(O)CCCCCC2)c1C. The third-order valence-electron chi connectivity index (χ3n) is 4.40. The van der Waals surface area contributed by atoms with Crippen LogP contribution in [0.2, 0.25) is 0 Å². The zero-order chi connectivity index (χ0) is 14.8. The fraction of sp³-hybridized carbons (Fsp3) is 0.688. The van der Waals surface area contributed by atoms with Crippen molar-refractivity contribution in [1.82, 2.24) is 5.32 Å². The van der Waals surface area contributed by atoms with Crippen molar-refractivity contribution in [2.24, 2.45) is 0 Å². The van der Waals surface area contributed by atoms with Crippen molar-refractivity contribution in [2.75, 3.05) is 6.54 Å². The van der Waals surface area contributed by atoms with Gasteiger partial charge >= 0.3 is 0 Å². The van der Waals surface area contributed by atoms with E-state index < -0.39 is 5.60 Å². The summed E-state index contributed by atoms with van der Waals surface area (Å²) in [4.78, 5) is 12.3. The number of carbonyl (C=O) groups is 1. The molecular weight excluding hydrogens is 254 g/mol. The predicted molar refractivity (Wildman–Crippen MR) is 77.9 cm³/mol. The van der Waals surface area contributed by atoms with Crippen LogP contribution in [0.4, 0.5) is 0 Å². The molecule has 1 amide bonds. The molecule has 4 nitrogen and oxygen atoms in total. The van der Waals surface area contributed by atoms with Crippen LogP contribution in [0.15, 0.2) is 4.42 Å². The highest BCUT2D eigenvalue weighted by Crippen LogP contribution is 2.27. The van der Waals surface area contributed by atoms with Crippen molar-refractivity contribution >= 4 is 5.91 Å². The number of carbonyl (C=O) groups excluding carboxylic acids is 1. The second kappa shape index (κ2) is 6.00. The molecule has 0 atom stereocenters. The molecule has 0 aromatic carbocycles. The molecule has 0 radical (unpaired) electrons. The van der Waals surface area contributed by atoms with Crippen LogP contribution < -0.4 is 5.32 Å². The summed E-state index contributed by atoms with van der Waals surface area (Å²) in [6.45, 7) is 5.88. The lowest BCUT2D eigenvalue weighted by Gasteiger charge is -2.26. The number of rotatable bonds is 3. The Balaban J connectivity index is 2.01. The number of aryl methyl sites for hydroxylation is 2. The monoisotopic (exact) mass is 279 g/mol. The number of aliphatic hydroxyl groups is 1. The minimum absolute atomic E-state index is 0.144. The lowest BCUT2D eigenvalue weighted by Crippen LogP contribution is -2.42. The lowest BCUT2D eigenvalue weighted by atomic mass is 9.94. The predicted octanol–water partition coefficient (Wildman–Crippen LogP) is 3.02. The quantitative estimate of drug-likeness (QED) is 0.836. The second-order valence-corrected chi connectivity index (χ2v) is 6.04. The maximum absolute atomic E-state index is 12.3. The molecule has 2 rings (SSSR count). The van der Waals surface area contributed by atoms with E-state index in [1.165, 1.54) is 12.8 Å². The van der Waals surface area contributed by atoms with E-state index in [-0.39, 0.29) is 5.91 Å². The van der Waals surface area contributed by atoms with E-state index in [1.807, 2.05) is 13.8 Å². The highest BCUT2D eigenvalue weighted by molar-refractivity contribution is 5.96. The minimum atomic E-state index is -0.743. The summed E-state index contributed by atoms with van der Waals surface area (Å²) in [5.74, 6) is 1.28. The number of hydrogen-bond donors (Lipinski definition) is 2. The van der Waals surface area contributed by atoms with E-state index in [0.29, 0.717) is 17.9 Å². The van der Waals surface area contributed by atoms with Crippen LogP contribution in [0, 0.1) is 20.8 Å². The zero-order valence-corrected chi connectivity index (χ0v) is 12.7.